The third kappa shape index (κ3) is 4.62. The first-order valence-corrected chi connectivity index (χ1v) is 11.5. The number of hydrogen-bond donors (Lipinski definition) is 1. The average Bonchev–Trinajstić information content (AvgIpc) is 3.33. The lowest BCUT2D eigenvalue weighted by Gasteiger charge is -2.09. The molecule has 1 N–H and O–H groups in total. The van der Waals surface area contributed by atoms with E-state index in [0.29, 0.717) is 26.0 Å². The number of carbonyl (C=O) groups is 2. The summed E-state index contributed by atoms with van der Waals surface area (Å²) in [6.45, 7) is 3.59. The molecule has 2 aromatic carbocycles. The SMILES string of the molecule is CCOC(=O)c1sc(NC(=O)c2cccc(C(F)(F)F)c2)c(-c2nc3ccccc3s2)c1C. The molecule has 0 aliphatic carbocycles. The van der Waals surface area contributed by atoms with Crippen LogP contribution in [0.4, 0.5) is 18.2 Å². The van der Waals surface area contributed by atoms with E-state index >= 15 is 0 Å². The van der Waals surface area contributed by atoms with Crippen LogP contribution in [0.5, 0.6) is 0 Å². The number of aromatic nitrogens is 1. The van der Waals surface area contributed by atoms with Crippen LogP contribution in [0.3, 0.4) is 0 Å². The maximum Gasteiger partial charge on any atom is 0.416 e. The van der Waals surface area contributed by atoms with Crippen LogP contribution in [0, 0.1) is 6.92 Å². The molecule has 0 saturated heterocycles. The van der Waals surface area contributed by atoms with Crippen LogP contribution in [0.1, 0.15) is 38.1 Å². The van der Waals surface area contributed by atoms with Crippen molar-refractivity contribution in [1.82, 2.24) is 4.98 Å². The fourth-order valence-corrected chi connectivity index (χ4v) is 5.48. The van der Waals surface area contributed by atoms with Crippen LogP contribution in [0.2, 0.25) is 0 Å². The Kier molecular flexibility index (Phi) is 6.22. The van der Waals surface area contributed by atoms with E-state index < -0.39 is 23.6 Å². The van der Waals surface area contributed by atoms with Crippen LogP contribution >= 0.6 is 22.7 Å². The van der Waals surface area contributed by atoms with E-state index in [1.807, 2.05) is 24.3 Å². The van der Waals surface area contributed by atoms with Gasteiger partial charge in [-0.2, -0.15) is 13.2 Å². The number of hydrogen-bond acceptors (Lipinski definition) is 6. The van der Waals surface area contributed by atoms with Crippen molar-refractivity contribution >= 4 is 49.8 Å². The molecule has 4 rings (SSSR count). The summed E-state index contributed by atoms with van der Waals surface area (Å²) in [7, 11) is 0. The Labute approximate surface area is 194 Å². The number of para-hydroxylation sites is 1. The first kappa shape index (κ1) is 22.9. The molecule has 0 aliphatic heterocycles. The van der Waals surface area contributed by atoms with Gasteiger partial charge in [-0.25, -0.2) is 9.78 Å². The van der Waals surface area contributed by atoms with Crippen molar-refractivity contribution in [3.8, 4) is 10.6 Å². The lowest BCUT2D eigenvalue weighted by atomic mass is 10.1. The van der Waals surface area contributed by atoms with Crippen molar-refractivity contribution in [2.45, 2.75) is 20.0 Å². The Hall–Kier alpha value is -3.24. The van der Waals surface area contributed by atoms with Gasteiger partial charge in [-0.15, -0.1) is 22.7 Å². The zero-order valence-corrected chi connectivity index (χ0v) is 19.1. The molecule has 10 heteroatoms. The van der Waals surface area contributed by atoms with Crippen molar-refractivity contribution in [2.75, 3.05) is 11.9 Å². The number of thiophene rings is 1. The van der Waals surface area contributed by atoms with E-state index in [1.54, 1.807) is 13.8 Å². The summed E-state index contributed by atoms with van der Waals surface area (Å²) < 4.78 is 45.3. The normalized spacial score (nSPS) is 11.5. The smallest absolute Gasteiger partial charge is 0.416 e. The second-order valence-corrected chi connectivity index (χ2v) is 9.05. The molecule has 4 aromatic rings. The molecule has 2 aromatic heterocycles. The van der Waals surface area contributed by atoms with Crippen molar-refractivity contribution < 1.29 is 27.5 Å². The van der Waals surface area contributed by atoms with Gasteiger partial charge in [0, 0.05) is 11.1 Å². The predicted molar refractivity (Wildman–Crippen MR) is 123 cm³/mol. The van der Waals surface area contributed by atoms with E-state index in [9.17, 15) is 22.8 Å². The summed E-state index contributed by atoms with van der Waals surface area (Å²) in [4.78, 5) is 30.3. The van der Waals surface area contributed by atoms with Crippen LogP contribution in [-0.4, -0.2) is 23.5 Å². The Balaban J connectivity index is 1.78. The molecular weight excluding hydrogens is 473 g/mol. The molecule has 0 unspecified atom stereocenters. The summed E-state index contributed by atoms with van der Waals surface area (Å²) in [6.07, 6.45) is -4.57. The Morgan fingerprint density at radius 2 is 1.85 bits per heavy atom. The van der Waals surface area contributed by atoms with Crippen molar-refractivity contribution in [3.05, 3.63) is 70.1 Å². The number of halogens is 3. The minimum atomic E-state index is -4.57. The molecule has 33 heavy (non-hydrogen) atoms. The third-order valence-electron chi connectivity index (χ3n) is 4.79. The molecule has 170 valence electrons. The van der Waals surface area contributed by atoms with Crippen LogP contribution < -0.4 is 5.32 Å². The van der Waals surface area contributed by atoms with Gasteiger partial charge in [0.15, 0.2) is 0 Å². The van der Waals surface area contributed by atoms with E-state index in [0.717, 1.165) is 33.7 Å². The van der Waals surface area contributed by atoms with Crippen molar-refractivity contribution in [2.24, 2.45) is 0 Å². The summed E-state index contributed by atoms with van der Waals surface area (Å²) in [5.74, 6) is -1.26. The molecule has 2 heterocycles. The number of esters is 1. The van der Waals surface area contributed by atoms with Crippen LogP contribution in [-0.2, 0) is 10.9 Å². The highest BCUT2D eigenvalue weighted by molar-refractivity contribution is 7.23. The first-order valence-electron chi connectivity index (χ1n) is 9.84. The number of nitrogens with one attached hydrogen (secondary N) is 1. The highest BCUT2D eigenvalue weighted by Crippen LogP contribution is 2.44. The monoisotopic (exact) mass is 490 g/mol. The minimum absolute atomic E-state index is 0.149. The minimum Gasteiger partial charge on any atom is -0.462 e. The van der Waals surface area contributed by atoms with Gasteiger partial charge in [-0.05, 0) is 49.7 Å². The zero-order chi connectivity index (χ0) is 23.8. The van der Waals surface area contributed by atoms with E-state index in [1.165, 1.54) is 23.5 Å². The Morgan fingerprint density at radius 3 is 2.55 bits per heavy atom. The van der Waals surface area contributed by atoms with Gasteiger partial charge in [0.05, 0.1) is 22.4 Å². The number of rotatable bonds is 5. The number of benzene rings is 2. The molecular formula is C23H17F3N2O3S2. The van der Waals surface area contributed by atoms with Crippen molar-refractivity contribution in [1.29, 1.82) is 0 Å². The second kappa shape index (κ2) is 8.95. The molecule has 0 atom stereocenters. The van der Waals surface area contributed by atoms with Gasteiger partial charge < -0.3 is 10.1 Å². The predicted octanol–water partition coefficient (Wildman–Crippen LogP) is 6.78. The Morgan fingerprint density at radius 1 is 1.09 bits per heavy atom. The van der Waals surface area contributed by atoms with Gasteiger partial charge in [0.25, 0.3) is 5.91 Å². The number of carbonyl (C=O) groups excluding carboxylic acids is 2. The molecule has 0 radical (unpaired) electrons. The first-order chi connectivity index (χ1) is 15.7. The van der Waals surface area contributed by atoms with E-state index in [4.69, 9.17) is 4.74 Å². The quantitative estimate of drug-likeness (QED) is 0.313. The molecule has 1 amide bonds. The van der Waals surface area contributed by atoms with Gasteiger partial charge >= 0.3 is 12.1 Å². The highest BCUT2D eigenvalue weighted by Gasteiger charge is 2.31. The van der Waals surface area contributed by atoms with Gasteiger partial charge in [-0.1, -0.05) is 18.2 Å². The maximum absolute atomic E-state index is 13.1. The molecule has 0 aliphatic rings. The molecule has 0 saturated carbocycles. The maximum atomic E-state index is 13.1. The number of thiazole rings is 1. The number of fused-ring (bicyclic) bond motifs is 1. The zero-order valence-electron chi connectivity index (χ0n) is 17.4. The summed E-state index contributed by atoms with van der Waals surface area (Å²) in [5.41, 5.74) is 0.817. The molecule has 0 fully saturated rings. The molecule has 0 bridgehead atoms. The van der Waals surface area contributed by atoms with Gasteiger partial charge in [0.2, 0.25) is 0 Å². The van der Waals surface area contributed by atoms with Crippen LogP contribution in [0.25, 0.3) is 20.8 Å². The fraction of sp³-hybridized carbons (Fsp3) is 0.174. The molecule has 0 spiro atoms. The molecule has 5 nitrogen and oxygen atoms in total. The van der Waals surface area contributed by atoms with Gasteiger partial charge in [0.1, 0.15) is 14.9 Å². The number of anilines is 1. The van der Waals surface area contributed by atoms with E-state index in [2.05, 4.69) is 10.3 Å². The number of ether oxygens (including phenoxy) is 1. The van der Waals surface area contributed by atoms with E-state index in [-0.39, 0.29) is 12.2 Å². The summed E-state index contributed by atoms with van der Waals surface area (Å²) in [5, 5.41) is 3.58. The topological polar surface area (TPSA) is 68.3 Å². The number of nitrogens with zero attached hydrogens (tertiary/aromatic N) is 1. The summed E-state index contributed by atoms with van der Waals surface area (Å²) in [6, 6.07) is 11.7. The number of amides is 1. The fourth-order valence-electron chi connectivity index (χ4n) is 3.24. The summed E-state index contributed by atoms with van der Waals surface area (Å²) >= 11 is 2.40. The largest absolute Gasteiger partial charge is 0.462 e. The Bertz CT molecular complexity index is 1330. The number of alkyl halides is 3. The van der Waals surface area contributed by atoms with Crippen molar-refractivity contribution in [3.63, 3.8) is 0 Å². The van der Waals surface area contributed by atoms with Gasteiger partial charge in [-0.3, -0.25) is 4.79 Å². The highest BCUT2D eigenvalue weighted by atomic mass is 32.1. The third-order valence-corrected chi connectivity index (χ3v) is 7.04. The average molecular weight is 491 g/mol. The van der Waals surface area contributed by atoms with Crippen LogP contribution in [0.15, 0.2) is 48.5 Å². The standard InChI is InChI=1S/C23H17F3N2O3S2/c1-3-31-22(30)18-12(2)17(20-27-15-9-4-5-10-16(15)32-20)21(33-18)28-19(29)13-7-6-8-14(11-13)23(24,25)26/h4-11H,3H2,1-2H3,(H,28,29). The lowest BCUT2D eigenvalue weighted by molar-refractivity contribution is -0.137. The second-order valence-electron chi connectivity index (χ2n) is 7.00. The lowest BCUT2D eigenvalue weighted by Crippen LogP contribution is -2.13.